The maximum Gasteiger partial charge on any atom is 0.316 e. The lowest BCUT2D eigenvalue weighted by Crippen LogP contribution is -2.54. The summed E-state index contributed by atoms with van der Waals surface area (Å²) in [6.07, 6.45) is 5.02. The molecule has 9 nitrogen and oxygen atoms in total. The molecule has 1 aromatic carbocycles. The summed E-state index contributed by atoms with van der Waals surface area (Å²) in [5.74, 6) is -0.924. The molecule has 1 fully saturated rings. The maximum absolute atomic E-state index is 14.5. The first kappa shape index (κ1) is 22.0. The summed E-state index contributed by atoms with van der Waals surface area (Å²) in [6, 6.07) is 5.72. The summed E-state index contributed by atoms with van der Waals surface area (Å²) >= 11 is 0. The first-order valence-electron chi connectivity index (χ1n) is 11.1. The Morgan fingerprint density at radius 2 is 1.97 bits per heavy atom. The van der Waals surface area contributed by atoms with Crippen LogP contribution in [0.5, 0.6) is 6.01 Å². The number of rotatable bonds is 4. The Kier molecular flexibility index (Phi) is 5.52. The zero-order chi connectivity index (χ0) is 24.0. The van der Waals surface area contributed by atoms with Crippen LogP contribution in [0.25, 0.3) is 16.6 Å². The third-order valence-electron chi connectivity index (χ3n) is 5.92. The number of hydrogen-bond acceptors (Lipinski definition) is 7. The van der Waals surface area contributed by atoms with E-state index >= 15 is 0 Å². The van der Waals surface area contributed by atoms with Crippen LogP contribution in [0.3, 0.4) is 0 Å². The number of fused-ring (bicyclic) bond motifs is 2. The number of nitrogens with one attached hydrogen (secondary N) is 2. The van der Waals surface area contributed by atoms with Crippen LogP contribution in [0.2, 0.25) is 0 Å². The molecule has 3 aromatic heterocycles. The van der Waals surface area contributed by atoms with E-state index in [1.54, 1.807) is 36.0 Å². The predicted octanol–water partition coefficient (Wildman–Crippen LogP) is 3.17. The molecule has 10 heteroatoms. The van der Waals surface area contributed by atoms with Gasteiger partial charge >= 0.3 is 6.01 Å². The number of methoxy groups -OCH3 is 1. The lowest BCUT2D eigenvalue weighted by Gasteiger charge is -2.38. The van der Waals surface area contributed by atoms with Gasteiger partial charge in [0.2, 0.25) is 0 Å². The number of anilines is 2. The summed E-state index contributed by atoms with van der Waals surface area (Å²) < 4.78 is 21.3. The topological polar surface area (TPSA) is 96.7 Å². The number of halogens is 1. The maximum atomic E-state index is 14.5. The van der Waals surface area contributed by atoms with E-state index in [0.29, 0.717) is 34.5 Å². The van der Waals surface area contributed by atoms with E-state index in [9.17, 15) is 9.18 Å². The van der Waals surface area contributed by atoms with Crippen LogP contribution in [0.1, 0.15) is 29.9 Å². The van der Waals surface area contributed by atoms with Gasteiger partial charge in [0.1, 0.15) is 0 Å². The van der Waals surface area contributed by atoms with Crippen LogP contribution < -0.4 is 20.3 Å². The summed E-state index contributed by atoms with van der Waals surface area (Å²) in [5, 5.41) is 7.07. The average molecular weight is 464 g/mol. The lowest BCUT2D eigenvalue weighted by atomic mass is 10.0. The number of carbonyl (C=O) groups excluding carboxylic acids is 1. The fraction of sp³-hybridized carbons (Fsp3) is 0.333. The minimum Gasteiger partial charge on any atom is -0.467 e. The number of imidazole rings is 1. The Morgan fingerprint density at radius 1 is 1.21 bits per heavy atom. The number of amides is 1. The SMILES string of the molecule is COc1ncc2c(N3C[C@H](C)N[C@@H](C)C3)ccc(C(=O)Nc3cc(F)c4nc(C)cn4c3)c2n1. The van der Waals surface area contributed by atoms with Crippen LogP contribution in [0, 0.1) is 12.7 Å². The van der Waals surface area contributed by atoms with Gasteiger partial charge in [-0.05, 0) is 32.9 Å². The number of benzene rings is 1. The van der Waals surface area contributed by atoms with Crippen molar-refractivity contribution < 1.29 is 13.9 Å². The van der Waals surface area contributed by atoms with Gasteiger partial charge in [0.25, 0.3) is 5.91 Å². The van der Waals surface area contributed by atoms with Crippen LogP contribution in [0.15, 0.2) is 36.8 Å². The first-order chi connectivity index (χ1) is 16.3. The Hall–Kier alpha value is -3.79. The molecule has 2 N–H and O–H groups in total. The van der Waals surface area contributed by atoms with Crippen molar-refractivity contribution in [1.29, 1.82) is 0 Å². The highest BCUT2D eigenvalue weighted by molar-refractivity contribution is 6.13. The largest absolute Gasteiger partial charge is 0.467 e. The van der Waals surface area contributed by atoms with E-state index in [4.69, 9.17) is 4.74 Å². The van der Waals surface area contributed by atoms with Crippen molar-refractivity contribution in [3.63, 3.8) is 0 Å². The van der Waals surface area contributed by atoms with E-state index < -0.39 is 11.7 Å². The molecule has 0 spiro atoms. The molecular formula is C24H26FN7O2. The molecule has 176 valence electrons. The van der Waals surface area contributed by atoms with E-state index in [0.717, 1.165) is 24.2 Å². The molecule has 0 radical (unpaired) electrons. The number of aryl methyl sites for hydroxylation is 1. The minimum absolute atomic E-state index is 0.169. The summed E-state index contributed by atoms with van der Waals surface area (Å²) in [4.78, 5) is 28.5. The van der Waals surface area contributed by atoms with E-state index in [-0.39, 0.29) is 11.7 Å². The highest BCUT2D eigenvalue weighted by Crippen LogP contribution is 2.31. The fourth-order valence-corrected chi connectivity index (χ4v) is 4.62. The van der Waals surface area contributed by atoms with Crippen molar-refractivity contribution in [3.8, 4) is 6.01 Å². The van der Waals surface area contributed by atoms with E-state index in [1.165, 1.54) is 13.2 Å². The molecular weight excluding hydrogens is 437 g/mol. The number of ether oxygens (including phenoxy) is 1. The van der Waals surface area contributed by atoms with Crippen LogP contribution >= 0.6 is 0 Å². The number of pyridine rings is 1. The highest BCUT2D eigenvalue weighted by atomic mass is 19.1. The second kappa shape index (κ2) is 8.53. The molecule has 1 amide bonds. The standard InChI is InChI=1S/C24H26FN7O2/c1-13-9-31(10-14(2)27-13)20-6-5-17(21-18(20)8-26-24(30-21)34-4)23(33)29-16-7-19(25)22-28-15(3)11-32(22)12-16/h5-8,11-14,27H,9-10H2,1-4H3,(H,29,33)/t13-,14-/m0/s1. The Balaban J connectivity index is 1.54. The third-order valence-corrected chi connectivity index (χ3v) is 5.92. The van der Waals surface area contributed by atoms with E-state index in [2.05, 4.69) is 44.3 Å². The summed E-state index contributed by atoms with van der Waals surface area (Å²) in [7, 11) is 1.48. The molecule has 2 atom stereocenters. The van der Waals surface area contributed by atoms with Gasteiger partial charge in [0, 0.05) is 60.9 Å². The van der Waals surface area contributed by atoms with Crippen molar-refractivity contribution in [1.82, 2.24) is 24.7 Å². The summed E-state index contributed by atoms with van der Waals surface area (Å²) in [6.45, 7) is 7.71. The van der Waals surface area contributed by atoms with Gasteiger partial charge in [-0.2, -0.15) is 4.98 Å². The molecule has 0 aliphatic carbocycles. The quantitative estimate of drug-likeness (QED) is 0.480. The number of hydrogen-bond donors (Lipinski definition) is 2. The second-order valence-electron chi connectivity index (χ2n) is 8.77. The molecule has 0 unspecified atom stereocenters. The Morgan fingerprint density at radius 3 is 2.71 bits per heavy atom. The van der Waals surface area contributed by atoms with Crippen molar-refractivity contribution in [2.45, 2.75) is 32.9 Å². The third kappa shape index (κ3) is 4.01. The molecule has 1 aliphatic heterocycles. The fourth-order valence-electron chi connectivity index (χ4n) is 4.62. The second-order valence-corrected chi connectivity index (χ2v) is 8.77. The monoisotopic (exact) mass is 463 g/mol. The van der Waals surface area contributed by atoms with Crippen molar-refractivity contribution in [3.05, 3.63) is 53.9 Å². The predicted molar refractivity (Wildman–Crippen MR) is 128 cm³/mol. The average Bonchev–Trinajstić information content (AvgIpc) is 3.18. The van der Waals surface area contributed by atoms with Crippen molar-refractivity contribution >= 4 is 33.8 Å². The number of carbonyl (C=O) groups is 1. The smallest absolute Gasteiger partial charge is 0.316 e. The van der Waals surface area contributed by atoms with Gasteiger partial charge < -0.3 is 24.7 Å². The van der Waals surface area contributed by atoms with Crippen LogP contribution in [0.4, 0.5) is 15.8 Å². The molecule has 4 aromatic rings. The zero-order valence-electron chi connectivity index (χ0n) is 19.5. The Labute approximate surface area is 196 Å². The molecule has 0 saturated carbocycles. The normalized spacial score (nSPS) is 18.4. The zero-order valence-corrected chi connectivity index (χ0v) is 19.5. The van der Waals surface area contributed by atoms with Gasteiger partial charge in [-0.25, -0.2) is 14.4 Å². The van der Waals surface area contributed by atoms with Crippen molar-refractivity contribution in [2.24, 2.45) is 0 Å². The highest BCUT2D eigenvalue weighted by Gasteiger charge is 2.25. The van der Waals surface area contributed by atoms with E-state index in [1.807, 2.05) is 6.07 Å². The molecule has 5 rings (SSSR count). The number of piperazine rings is 1. The number of nitrogens with zero attached hydrogens (tertiary/aromatic N) is 5. The van der Waals surface area contributed by atoms with Crippen LogP contribution in [-0.4, -0.2) is 57.5 Å². The molecule has 0 bridgehead atoms. The van der Waals surface area contributed by atoms with Gasteiger partial charge in [0.15, 0.2) is 11.5 Å². The lowest BCUT2D eigenvalue weighted by molar-refractivity contribution is 0.102. The van der Waals surface area contributed by atoms with Gasteiger partial charge in [0.05, 0.1) is 29.6 Å². The molecule has 4 heterocycles. The van der Waals surface area contributed by atoms with Gasteiger partial charge in [-0.15, -0.1) is 0 Å². The minimum atomic E-state index is -0.517. The molecule has 1 aliphatic rings. The number of aromatic nitrogens is 4. The summed E-state index contributed by atoms with van der Waals surface area (Å²) in [5.41, 5.74) is 2.98. The van der Waals surface area contributed by atoms with Crippen molar-refractivity contribution in [2.75, 3.05) is 30.4 Å². The van der Waals surface area contributed by atoms with Gasteiger partial charge in [-0.1, -0.05) is 0 Å². The molecule has 1 saturated heterocycles. The van der Waals surface area contributed by atoms with Crippen LogP contribution in [-0.2, 0) is 0 Å². The molecule has 34 heavy (non-hydrogen) atoms. The first-order valence-corrected chi connectivity index (χ1v) is 11.1. The Bertz CT molecular complexity index is 1390. The van der Waals surface area contributed by atoms with Gasteiger partial charge in [-0.3, -0.25) is 4.79 Å².